The first-order chi connectivity index (χ1) is 8.61. The van der Waals surface area contributed by atoms with Gasteiger partial charge in [-0.1, -0.05) is 23.7 Å². The van der Waals surface area contributed by atoms with Crippen LogP contribution in [0.2, 0.25) is 5.02 Å². The van der Waals surface area contributed by atoms with Crippen LogP contribution in [0.3, 0.4) is 0 Å². The van der Waals surface area contributed by atoms with E-state index in [1.54, 1.807) is 11.3 Å². The smallest absolute Gasteiger partial charge is 0.0701 e. The Kier molecular flexibility index (Phi) is 5.24. The highest BCUT2D eigenvalue weighted by atomic mass is 79.9. The number of rotatable bonds is 4. The number of halogens is 3. The van der Waals surface area contributed by atoms with Crippen molar-refractivity contribution < 1.29 is 0 Å². The summed E-state index contributed by atoms with van der Waals surface area (Å²) < 4.78 is 2.00. The lowest BCUT2D eigenvalue weighted by molar-refractivity contribution is 0.555. The molecule has 96 valence electrons. The predicted octanol–water partition coefficient (Wildman–Crippen LogP) is 4.67. The Labute approximate surface area is 132 Å². The molecule has 2 rings (SSSR count). The second-order valence-corrected chi connectivity index (χ2v) is 7.55. The molecule has 0 amide bonds. The molecule has 1 aromatic carbocycles. The van der Waals surface area contributed by atoms with Crippen LogP contribution >= 0.6 is 54.8 Å². The summed E-state index contributed by atoms with van der Waals surface area (Å²) in [5, 5.41) is 0.705. The molecule has 0 spiro atoms. The Morgan fingerprint density at radius 1 is 1.28 bits per heavy atom. The van der Waals surface area contributed by atoms with Crippen LogP contribution in [0, 0.1) is 0 Å². The fourth-order valence-electron chi connectivity index (χ4n) is 1.71. The first-order valence-corrected chi connectivity index (χ1v) is 8.04. The zero-order valence-corrected chi connectivity index (χ0v) is 14.0. The molecule has 0 saturated carbocycles. The van der Waals surface area contributed by atoms with Crippen LogP contribution in [0.25, 0.3) is 0 Å². The zero-order chi connectivity index (χ0) is 13.1. The van der Waals surface area contributed by atoms with Crippen LogP contribution in [0.5, 0.6) is 0 Å². The second-order valence-electron chi connectivity index (χ2n) is 3.77. The van der Waals surface area contributed by atoms with E-state index in [1.165, 1.54) is 4.88 Å². The molecule has 1 aromatic heterocycles. The van der Waals surface area contributed by atoms with Crippen LogP contribution < -0.4 is 11.3 Å². The van der Waals surface area contributed by atoms with E-state index in [9.17, 15) is 0 Å². The van der Waals surface area contributed by atoms with Crippen LogP contribution in [0.4, 0.5) is 0 Å². The summed E-state index contributed by atoms with van der Waals surface area (Å²) in [6.45, 7) is 0. The van der Waals surface area contributed by atoms with Crippen molar-refractivity contribution >= 4 is 54.8 Å². The average Bonchev–Trinajstić information content (AvgIpc) is 2.76. The van der Waals surface area contributed by atoms with Gasteiger partial charge in [0, 0.05) is 15.8 Å². The molecule has 0 bridgehead atoms. The van der Waals surface area contributed by atoms with Gasteiger partial charge >= 0.3 is 0 Å². The van der Waals surface area contributed by atoms with Crippen molar-refractivity contribution in [1.29, 1.82) is 0 Å². The molecule has 0 aliphatic heterocycles. The molecule has 1 atom stereocenters. The normalized spacial score (nSPS) is 12.7. The number of nitrogens with two attached hydrogens (primary N) is 1. The quantitative estimate of drug-likeness (QED) is 0.568. The maximum Gasteiger partial charge on any atom is 0.0701 e. The van der Waals surface area contributed by atoms with Crippen molar-refractivity contribution in [1.82, 2.24) is 5.43 Å². The number of nitrogens with one attached hydrogen (secondary N) is 1. The highest BCUT2D eigenvalue weighted by molar-refractivity contribution is 9.11. The van der Waals surface area contributed by atoms with Gasteiger partial charge < -0.3 is 0 Å². The summed E-state index contributed by atoms with van der Waals surface area (Å²) in [6.07, 6.45) is 0.808. The predicted molar refractivity (Wildman–Crippen MR) is 84.9 cm³/mol. The van der Waals surface area contributed by atoms with Gasteiger partial charge in [0.25, 0.3) is 0 Å². The van der Waals surface area contributed by atoms with Crippen molar-refractivity contribution in [3.05, 3.63) is 54.1 Å². The average molecular weight is 411 g/mol. The van der Waals surface area contributed by atoms with E-state index in [-0.39, 0.29) is 6.04 Å². The van der Waals surface area contributed by atoms with Gasteiger partial charge in [-0.15, -0.1) is 11.3 Å². The molecule has 1 heterocycles. The largest absolute Gasteiger partial charge is 0.271 e. The Bertz CT molecular complexity index is 545. The first-order valence-electron chi connectivity index (χ1n) is 5.26. The van der Waals surface area contributed by atoms with Gasteiger partial charge in [-0.3, -0.25) is 11.3 Å². The summed E-state index contributed by atoms with van der Waals surface area (Å²) in [4.78, 5) is 1.25. The van der Waals surface area contributed by atoms with Crippen LogP contribution in [0.1, 0.15) is 16.5 Å². The Hall–Kier alpha value is 0.0900. The number of hydrazine groups is 1. The lowest BCUT2D eigenvalue weighted by atomic mass is 10.0. The number of hydrogen-bond donors (Lipinski definition) is 2. The topological polar surface area (TPSA) is 38.0 Å². The summed E-state index contributed by atoms with van der Waals surface area (Å²) in [7, 11) is 0. The summed E-state index contributed by atoms with van der Waals surface area (Å²) in [5.41, 5.74) is 3.83. The fourth-order valence-corrected chi connectivity index (χ4v) is 3.88. The van der Waals surface area contributed by atoms with Gasteiger partial charge in [0.1, 0.15) is 0 Å². The highest BCUT2D eigenvalue weighted by Crippen LogP contribution is 2.33. The van der Waals surface area contributed by atoms with E-state index < -0.39 is 0 Å². The van der Waals surface area contributed by atoms with Gasteiger partial charge in [0.2, 0.25) is 0 Å². The Morgan fingerprint density at radius 2 is 2.06 bits per heavy atom. The first kappa shape index (κ1) is 14.5. The van der Waals surface area contributed by atoms with Gasteiger partial charge in [-0.2, -0.15) is 0 Å². The second kappa shape index (κ2) is 6.50. The van der Waals surface area contributed by atoms with Gasteiger partial charge in [-0.05, 0) is 55.6 Å². The number of thiophene rings is 1. The molecular weight excluding hydrogens is 399 g/mol. The molecule has 1 unspecified atom stereocenters. The van der Waals surface area contributed by atoms with Crippen LogP contribution in [-0.4, -0.2) is 0 Å². The van der Waals surface area contributed by atoms with Crippen LogP contribution in [-0.2, 0) is 6.42 Å². The molecule has 2 aromatic rings. The van der Waals surface area contributed by atoms with E-state index >= 15 is 0 Å². The summed E-state index contributed by atoms with van der Waals surface area (Å²) in [5.74, 6) is 5.65. The molecule has 0 radical (unpaired) electrons. The Morgan fingerprint density at radius 3 is 2.67 bits per heavy atom. The molecule has 0 aliphatic carbocycles. The van der Waals surface area contributed by atoms with E-state index in [2.05, 4.69) is 43.4 Å². The minimum Gasteiger partial charge on any atom is -0.271 e. The number of hydrogen-bond acceptors (Lipinski definition) is 3. The van der Waals surface area contributed by atoms with Crippen molar-refractivity contribution in [2.24, 2.45) is 5.84 Å². The monoisotopic (exact) mass is 408 g/mol. The highest BCUT2D eigenvalue weighted by Gasteiger charge is 2.16. The standard InChI is InChI=1S/C12H11Br2ClN2S/c13-9-3-1-2-8(12(9)15)10(17-16)6-7-4-5-11(14)18-7/h1-5,10,17H,6,16H2. The van der Waals surface area contributed by atoms with Gasteiger partial charge in [0.05, 0.1) is 14.9 Å². The minimum atomic E-state index is 0.000509. The van der Waals surface area contributed by atoms with E-state index in [0.717, 1.165) is 20.2 Å². The molecular formula is C12H11Br2ClN2S. The van der Waals surface area contributed by atoms with E-state index in [0.29, 0.717) is 5.02 Å². The van der Waals surface area contributed by atoms with Crippen LogP contribution in [0.15, 0.2) is 38.6 Å². The molecule has 2 nitrogen and oxygen atoms in total. The molecule has 18 heavy (non-hydrogen) atoms. The molecule has 0 aliphatic rings. The van der Waals surface area contributed by atoms with Gasteiger partial charge in [0.15, 0.2) is 0 Å². The van der Waals surface area contributed by atoms with Crippen molar-refractivity contribution in [2.45, 2.75) is 12.5 Å². The zero-order valence-electron chi connectivity index (χ0n) is 9.29. The lowest BCUT2D eigenvalue weighted by Crippen LogP contribution is -2.29. The third kappa shape index (κ3) is 3.35. The third-order valence-corrected chi connectivity index (χ3v) is 5.55. The molecule has 0 fully saturated rings. The number of benzene rings is 1. The maximum absolute atomic E-state index is 6.29. The SMILES string of the molecule is NNC(Cc1ccc(Br)s1)c1cccc(Br)c1Cl. The summed E-state index contributed by atoms with van der Waals surface area (Å²) >= 11 is 14.9. The Balaban J connectivity index is 2.25. The van der Waals surface area contributed by atoms with Gasteiger partial charge in [-0.25, -0.2) is 0 Å². The fraction of sp³-hybridized carbons (Fsp3) is 0.167. The third-order valence-electron chi connectivity index (χ3n) is 2.59. The summed E-state index contributed by atoms with van der Waals surface area (Å²) in [6, 6.07) is 9.99. The van der Waals surface area contributed by atoms with Crippen molar-refractivity contribution in [3.8, 4) is 0 Å². The maximum atomic E-state index is 6.29. The molecule has 3 N–H and O–H groups in total. The van der Waals surface area contributed by atoms with E-state index in [1.807, 2.05) is 24.3 Å². The van der Waals surface area contributed by atoms with Crippen molar-refractivity contribution in [2.75, 3.05) is 0 Å². The lowest BCUT2D eigenvalue weighted by Gasteiger charge is -2.17. The van der Waals surface area contributed by atoms with E-state index in [4.69, 9.17) is 17.4 Å². The molecule has 0 saturated heterocycles. The minimum absolute atomic E-state index is 0.000509. The van der Waals surface area contributed by atoms with Crippen molar-refractivity contribution in [3.63, 3.8) is 0 Å². The molecule has 6 heteroatoms.